The van der Waals surface area contributed by atoms with E-state index in [-0.39, 0.29) is 0 Å². The van der Waals surface area contributed by atoms with E-state index in [9.17, 15) is 0 Å². The fourth-order valence-corrected chi connectivity index (χ4v) is 9.26. The van der Waals surface area contributed by atoms with Crippen LogP contribution in [0, 0.1) is 0 Å². The highest BCUT2D eigenvalue weighted by molar-refractivity contribution is 7.26. The number of hydrogen-bond acceptors (Lipinski definition) is 4. The number of hydrogen-bond donors (Lipinski definition) is 0. The summed E-state index contributed by atoms with van der Waals surface area (Å²) in [5, 5.41) is 5.05. The van der Waals surface area contributed by atoms with E-state index in [0.29, 0.717) is 17.5 Å². The van der Waals surface area contributed by atoms with Crippen molar-refractivity contribution in [1.82, 2.24) is 19.5 Å². The molecule has 3 aromatic heterocycles. The van der Waals surface area contributed by atoms with Gasteiger partial charge >= 0.3 is 0 Å². The highest BCUT2D eigenvalue weighted by atomic mass is 32.1. The molecular weight excluding hydrogens is 701 g/mol. The van der Waals surface area contributed by atoms with E-state index in [1.54, 1.807) is 0 Å². The Bertz CT molecular complexity index is 3240. The maximum Gasteiger partial charge on any atom is 0.164 e. The average molecular weight is 733 g/mol. The van der Waals surface area contributed by atoms with Crippen molar-refractivity contribution in [2.75, 3.05) is 0 Å². The van der Waals surface area contributed by atoms with Gasteiger partial charge in [-0.15, -0.1) is 11.3 Å². The Hall–Kier alpha value is -7.21. The number of nitrogens with zero attached hydrogens (tertiary/aromatic N) is 4. The summed E-state index contributed by atoms with van der Waals surface area (Å²) in [5.41, 5.74) is 10.8. The van der Waals surface area contributed by atoms with Crippen molar-refractivity contribution < 1.29 is 0 Å². The number of rotatable bonds is 6. The normalized spacial score (nSPS) is 11.6. The van der Waals surface area contributed by atoms with E-state index >= 15 is 0 Å². The molecule has 0 aliphatic carbocycles. The molecule has 0 unspecified atom stereocenters. The maximum absolute atomic E-state index is 5.20. The summed E-state index contributed by atoms with van der Waals surface area (Å²) in [7, 11) is 0. The first-order valence-electron chi connectivity index (χ1n) is 18.8. The molecule has 0 radical (unpaired) electrons. The number of para-hydroxylation sites is 1. The van der Waals surface area contributed by atoms with Gasteiger partial charge < -0.3 is 4.57 Å². The Balaban J connectivity index is 1.16. The summed E-state index contributed by atoms with van der Waals surface area (Å²) in [6, 6.07) is 68.5. The SMILES string of the molecule is c1ccc(-c2cccc(-c3nc(-c4ccccc4)nc(-c4ccc(-n5c6ccccc6c6ccc7c8ccccc8sc7c65)c(-c5ccccc5)c4)n3)c2)cc1. The van der Waals surface area contributed by atoms with Gasteiger partial charge in [0.05, 0.1) is 21.4 Å². The first-order valence-corrected chi connectivity index (χ1v) is 19.6. The van der Waals surface area contributed by atoms with Crippen LogP contribution >= 0.6 is 11.3 Å². The lowest BCUT2D eigenvalue weighted by atomic mass is 9.99. The first kappa shape index (κ1) is 32.2. The van der Waals surface area contributed by atoms with E-state index in [1.165, 1.54) is 42.0 Å². The minimum absolute atomic E-state index is 0.622. The fraction of sp³-hybridized carbons (Fsp3) is 0. The van der Waals surface area contributed by atoms with Gasteiger partial charge in [-0.05, 0) is 53.1 Å². The molecule has 11 aromatic rings. The van der Waals surface area contributed by atoms with Crippen LogP contribution < -0.4 is 0 Å². The average Bonchev–Trinajstić information content (AvgIpc) is 3.83. The Labute approximate surface area is 327 Å². The number of aromatic nitrogens is 4. The summed E-state index contributed by atoms with van der Waals surface area (Å²) in [6.45, 7) is 0. The van der Waals surface area contributed by atoms with Gasteiger partial charge in [0.15, 0.2) is 17.5 Å². The van der Waals surface area contributed by atoms with Gasteiger partial charge in [-0.3, -0.25) is 0 Å². The lowest BCUT2D eigenvalue weighted by Gasteiger charge is -2.16. The molecule has 4 nitrogen and oxygen atoms in total. The quantitative estimate of drug-likeness (QED) is 0.171. The summed E-state index contributed by atoms with van der Waals surface area (Å²) < 4.78 is 5.05. The molecule has 3 heterocycles. The molecule has 0 atom stereocenters. The van der Waals surface area contributed by atoms with Gasteiger partial charge in [-0.2, -0.15) is 0 Å². The number of thiophene rings is 1. The largest absolute Gasteiger partial charge is 0.307 e. The highest BCUT2D eigenvalue weighted by Gasteiger charge is 2.21. The second-order valence-electron chi connectivity index (χ2n) is 14.0. The van der Waals surface area contributed by atoms with Crippen LogP contribution in [0.2, 0.25) is 0 Å². The molecule has 5 heteroatoms. The van der Waals surface area contributed by atoms with E-state index in [4.69, 9.17) is 15.0 Å². The third-order valence-corrected chi connectivity index (χ3v) is 11.8. The fourth-order valence-electron chi connectivity index (χ4n) is 8.02. The van der Waals surface area contributed by atoms with Crippen LogP contribution in [0.15, 0.2) is 194 Å². The second-order valence-corrected chi connectivity index (χ2v) is 15.1. The molecule has 0 saturated heterocycles. The lowest BCUT2D eigenvalue weighted by molar-refractivity contribution is 1.07. The van der Waals surface area contributed by atoms with E-state index in [0.717, 1.165) is 44.6 Å². The standard InChI is InChI=1S/C51H32N4S/c1-4-15-33(16-5-1)36-21-14-22-37(31-36)50-52-49(35-19-8-3-9-20-35)53-51(54-50)38-27-30-45(43(32-38)34-17-6-2-7-18-34)55-44-25-12-10-23-39(44)41-28-29-42-40-24-11-13-26-46(40)56-48(42)47(41)55/h1-32H. The molecule has 0 saturated carbocycles. The van der Waals surface area contributed by atoms with Crippen molar-refractivity contribution in [3.63, 3.8) is 0 Å². The molecule has 0 N–H and O–H groups in total. The highest BCUT2D eigenvalue weighted by Crippen LogP contribution is 2.44. The van der Waals surface area contributed by atoms with Gasteiger partial charge in [0.2, 0.25) is 0 Å². The molecule has 0 fully saturated rings. The van der Waals surface area contributed by atoms with Crippen LogP contribution in [0.5, 0.6) is 0 Å². The second kappa shape index (κ2) is 13.3. The van der Waals surface area contributed by atoms with Crippen molar-refractivity contribution in [3.05, 3.63) is 194 Å². The molecule has 11 rings (SSSR count). The van der Waals surface area contributed by atoms with Crippen LogP contribution in [0.4, 0.5) is 0 Å². The summed E-state index contributed by atoms with van der Waals surface area (Å²) in [5.74, 6) is 1.89. The molecule has 0 amide bonds. The van der Waals surface area contributed by atoms with Gasteiger partial charge in [-0.25, -0.2) is 15.0 Å². The molecule has 0 aliphatic heterocycles. The number of benzene rings is 8. The molecule has 262 valence electrons. The van der Waals surface area contributed by atoms with Crippen molar-refractivity contribution >= 4 is 53.3 Å². The Morgan fingerprint density at radius 1 is 0.357 bits per heavy atom. The molecule has 0 aliphatic rings. The molecule has 0 spiro atoms. The van der Waals surface area contributed by atoms with Gasteiger partial charge in [0.25, 0.3) is 0 Å². The van der Waals surface area contributed by atoms with Crippen molar-refractivity contribution in [2.45, 2.75) is 0 Å². The topological polar surface area (TPSA) is 43.6 Å². The van der Waals surface area contributed by atoms with E-state index in [2.05, 4.69) is 174 Å². The van der Waals surface area contributed by atoms with Gasteiger partial charge in [0, 0.05) is 48.5 Å². The first-order chi connectivity index (χ1) is 27.8. The molecular formula is C51H32N4S. The van der Waals surface area contributed by atoms with Crippen molar-refractivity contribution in [2.24, 2.45) is 0 Å². The summed E-state index contributed by atoms with van der Waals surface area (Å²) in [6.07, 6.45) is 0. The zero-order valence-electron chi connectivity index (χ0n) is 30.2. The van der Waals surface area contributed by atoms with Crippen LogP contribution in [0.1, 0.15) is 0 Å². The van der Waals surface area contributed by atoms with Gasteiger partial charge in [0.1, 0.15) is 0 Å². The van der Waals surface area contributed by atoms with Crippen molar-refractivity contribution in [1.29, 1.82) is 0 Å². The zero-order valence-corrected chi connectivity index (χ0v) is 31.0. The van der Waals surface area contributed by atoms with Crippen LogP contribution in [0.3, 0.4) is 0 Å². The third-order valence-electron chi connectivity index (χ3n) is 10.7. The summed E-state index contributed by atoms with van der Waals surface area (Å²) in [4.78, 5) is 15.4. The Morgan fingerprint density at radius 2 is 0.911 bits per heavy atom. The van der Waals surface area contributed by atoms with Crippen LogP contribution in [-0.4, -0.2) is 19.5 Å². The van der Waals surface area contributed by atoms with Crippen molar-refractivity contribution in [3.8, 4) is 62.1 Å². The predicted octanol–water partition coefficient (Wildman–Crippen LogP) is 13.7. The number of fused-ring (bicyclic) bond motifs is 7. The maximum atomic E-state index is 5.20. The van der Waals surface area contributed by atoms with E-state index in [1.807, 2.05) is 35.6 Å². The Morgan fingerprint density at radius 3 is 1.66 bits per heavy atom. The smallest absolute Gasteiger partial charge is 0.164 e. The monoisotopic (exact) mass is 732 g/mol. The zero-order chi connectivity index (χ0) is 37.0. The van der Waals surface area contributed by atoms with Crippen LogP contribution in [0.25, 0.3) is 104 Å². The summed E-state index contributed by atoms with van der Waals surface area (Å²) >= 11 is 1.87. The minimum Gasteiger partial charge on any atom is -0.307 e. The molecule has 56 heavy (non-hydrogen) atoms. The van der Waals surface area contributed by atoms with E-state index < -0.39 is 0 Å². The Kier molecular flexibility index (Phi) is 7.64. The minimum atomic E-state index is 0.622. The molecule has 8 aromatic carbocycles. The lowest BCUT2D eigenvalue weighted by Crippen LogP contribution is -2.02. The predicted molar refractivity (Wildman–Crippen MR) is 234 cm³/mol. The van der Waals surface area contributed by atoms with Crippen LogP contribution in [-0.2, 0) is 0 Å². The molecule has 0 bridgehead atoms. The van der Waals surface area contributed by atoms with Gasteiger partial charge in [-0.1, -0.05) is 158 Å². The third kappa shape index (κ3) is 5.40.